The zero-order valence-electron chi connectivity index (χ0n) is 10.7. The third-order valence-electron chi connectivity index (χ3n) is 3.13. The summed E-state index contributed by atoms with van der Waals surface area (Å²) in [6.45, 7) is -1.78. The van der Waals surface area contributed by atoms with Crippen molar-refractivity contribution in [2.75, 3.05) is 20.1 Å². The van der Waals surface area contributed by atoms with Crippen LogP contribution < -0.4 is 11.1 Å². The van der Waals surface area contributed by atoms with Crippen molar-refractivity contribution in [1.29, 1.82) is 0 Å². The van der Waals surface area contributed by atoms with Gasteiger partial charge in [-0.3, -0.25) is 9.59 Å². The minimum Gasteiger partial charge on any atom is -0.345 e. The van der Waals surface area contributed by atoms with E-state index in [2.05, 4.69) is 0 Å². The summed E-state index contributed by atoms with van der Waals surface area (Å²) in [6, 6.07) is -0.229. The van der Waals surface area contributed by atoms with Crippen LogP contribution in [0.15, 0.2) is 0 Å². The van der Waals surface area contributed by atoms with Crippen LogP contribution in [0.25, 0.3) is 0 Å². The average molecular weight is 281 g/mol. The highest BCUT2D eigenvalue weighted by atomic mass is 19.4. The van der Waals surface area contributed by atoms with Crippen molar-refractivity contribution in [2.45, 2.75) is 31.5 Å². The SMILES string of the molecule is CN(CC(=O)NCC(F)(F)F)C(=O)C1CCCC1N. The summed E-state index contributed by atoms with van der Waals surface area (Å²) in [6.07, 6.45) is -2.18. The Hall–Kier alpha value is -1.31. The smallest absolute Gasteiger partial charge is 0.345 e. The first-order valence-corrected chi connectivity index (χ1v) is 6.04. The van der Waals surface area contributed by atoms with Crippen LogP contribution in [0.5, 0.6) is 0 Å². The highest BCUT2D eigenvalue weighted by Gasteiger charge is 2.33. The van der Waals surface area contributed by atoms with E-state index in [0.717, 1.165) is 17.7 Å². The fourth-order valence-corrected chi connectivity index (χ4v) is 2.13. The molecule has 0 radical (unpaired) electrons. The molecular weight excluding hydrogens is 263 g/mol. The molecule has 0 heterocycles. The molecule has 1 saturated carbocycles. The van der Waals surface area contributed by atoms with Gasteiger partial charge in [0.05, 0.1) is 12.5 Å². The van der Waals surface area contributed by atoms with Crippen LogP contribution in [-0.4, -0.2) is 49.1 Å². The number of carbonyl (C=O) groups is 2. The van der Waals surface area contributed by atoms with Gasteiger partial charge in [0.15, 0.2) is 0 Å². The minimum atomic E-state index is -4.45. The van der Waals surface area contributed by atoms with E-state index in [-0.39, 0.29) is 17.9 Å². The fraction of sp³-hybridized carbons (Fsp3) is 0.818. The van der Waals surface area contributed by atoms with Gasteiger partial charge >= 0.3 is 6.18 Å². The first kappa shape index (κ1) is 15.7. The van der Waals surface area contributed by atoms with Gasteiger partial charge in [0.1, 0.15) is 6.54 Å². The van der Waals surface area contributed by atoms with Crippen molar-refractivity contribution in [3.05, 3.63) is 0 Å². The molecule has 110 valence electrons. The Morgan fingerprint density at radius 1 is 1.37 bits per heavy atom. The molecule has 5 nitrogen and oxygen atoms in total. The van der Waals surface area contributed by atoms with Gasteiger partial charge in [-0.2, -0.15) is 13.2 Å². The number of amides is 2. The van der Waals surface area contributed by atoms with Gasteiger partial charge in [-0.25, -0.2) is 0 Å². The van der Waals surface area contributed by atoms with E-state index >= 15 is 0 Å². The van der Waals surface area contributed by atoms with E-state index in [0.29, 0.717) is 6.42 Å². The van der Waals surface area contributed by atoms with Crippen LogP contribution in [0.1, 0.15) is 19.3 Å². The molecule has 1 rings (SSSR count). The van der Waals surface area contributed by atoms with Crippen LogP contribution in [0, 0.1) is 5.92 Å². The lowest BCUT2D eigenvalue weighted by Gasteiger charge is -2.23. The second-order valence-corrected chi connectivity index (χ2v) is 4.79. The summed E-state index contributed by atoms with van der Waals surface area (Å²) in [5.74, 6) is -1.45. The Labute approximate surface area is 109 Å². The van der Waals surface area contributed by atoms with Crippen LogP contribution in [0.3, 0.4) is 0 Å². The molecule has 1 aliphatic rings. The van der Waals surface area contributed by atoms with Crippen LogP contribution in [0.4, 0.5) is 13.2 Å². The molecule has 0 spiro atoms. The van der Waals surface area contributed by atoms with Crippen molar-refractivity contribution < 1.29 is 22.8 Å². The second-order valence-electron chi connectivity index (χ2n) is 4.79. The number of nitrogens with zero attached hydrogens (tertiary/aromatic N) is 1. The van der Waals surface area contributed by atoms with E-state index in [1.807, 2.05) is 0 Å². The van der Waals surface area contributed by atoms with E-state index < -0.39 is 25.2 Å². The number of hydrogen-bond donors (Lipinski definition) is 2. The third kappa shape index (κ3) is 5.06. The van der Waals surface area contributed by atoms with Crippen LogP contribution in [-0.2, 0) is 9.59 Å². The maximum Gasteiger partial charge on any atom is 0.405 e. The zero-order chi connectivity index (χ0) is 14.6. The first-order valence-electron chi connectivity index (χ1n) is 6.04. The molecule has 0 aromatic heterocycles. The molecule has 0 aromatic rings. The fourth-order valence-electron chi connectivity index (χ4n) is 2.13. The summed E-state index contributed by atoms with van der Waals surface area (Å²) in [4.78, 5) is 24.3. The molecule has 3 N–H and O–H groups in total. The van der Waals surface area contributed by atoms with Crippen LogP contribution in [0.2, 0.25) is 0 Å². The van der Waals surface area contributed by atoms with E-state index in [9.17, 15) is 22.8 Å². The topological polar surface area (TPSA) is 75.4 Å². The van der Waals surface area contributed by atoms with Gasteiger partial charge in [0, 0.05) is 13.1 Å². The number of nitrogens with one attached hydrogen (secondary N) is 1. The lowest BCUT2D eigenvalue weighted by molar-refractivity contribution is -0.143. The molecule has 19 heavy (non-hydrogen) atoms. The summed E-state index contributed by atoms with van der Waals surface area (Å²) in [5.41, 5.74) is 5.77. The van der Waals surface area contributed by atoms with Crippen molar-refractivity contribution in [2.24, 2.45) is 11.7 Å². The predicted molar refractivity (Wildman–Crippen MR) is 62.0 cm³/mol. The number of alkyl halides is 3. The molecular formula is C11H18F3N3O2. The molecule has 2 atom stereocenters. The monoisotopic (exact) mass is 281 g/mol. The van der Waals surface area contributed by atoms with Gasteiger partial charge in [-0.1, -0.05) is 6.42 Å². The van der Waals surface area contributed by atoms with Gasteiger partial charge in [0.25, 0.3) is 0 Å². The molecule has 0 saturated heterocycles. The van der Waals surface area contributed by atoms with Gasteiger partial charge in [0.2, 0.25) is 11.8 Å². The van der Waals surface area contributed by atoms with Crippen molar-refractivity contribution >= 4 is 11.8 Å². The van der Waals surface area contributed by atoms with Crippen molar-refractivity contribution in [3.8, 4) is 0 Å². The lowest BCUT2D eigenvalue weighted by atomic mass is 10.0. The molecule has 8 heteroatoms. The highest BCUT2D eigenvalue weighted by Crippen LogP contribution is 2.25. The molecule has 2 amide bonds. The van der Waals surface area contributed by atoms with E-state index in [4.69, 9.17) is 5.73 Å². The summed E-state index contributed by atoms with van der Waals surface area (Å²) in [5, 5.41) is 1.72. The highest BCUT2D eigenvalue weighted by molar-refractivity contribution is 5.86. The standard InChI is InChI=1S/C11H18F3N3O2/c1-17(5-9(18)16-6-11(12,13)14)10(19)7-3-2-4-8(7)15/h7-8H,2-6,15H2,1H3,(H,16,18). The largest absolute Gasteiger partial charge is 0.405 e. The van der Waals surface area contributed by atoms with E-state index in [1.54, 1.807) is 5.32 Å². The number of nitrogens with two attached hydrogens (primary N) is 1. The number of hydrogen-bond acceptors (Lipinski definition) is 3. The molecule has 1 aliphatic carbocycles. The number of carbonyl (C=O) groups excluding carboxylic acids is 2. The Balaban J connectivity index is 2.39. The van der Waals surface area contributed by atoms with Gasteiger partial charge in [-0.15, -0.1) is 0 Å². The number of halogens is 3. The molecule has 0 aromatic carbocycles. The normalized spacial score (nSPS) is 23.2. The second kappa shape index (κ2) is 6.23. The summed E-state index contributed by atoms with van der Waals surface area (Å²) < 4.78 is 35.7. The van der Waals surface area contributed by atoms with Crippen molar-refractivity contribution in [3.63, 3.8) is 0 Å². The maximum atomic E-state index is 11.9. The van der Waals surface area contributed by atoms with Crippen LogP contribution >= 0.6 is 0 Å². The zero-order valence-corrected chi connectivity index (χ0v) is 10.7. The Bertz CT molecular complexity index is 347. The average Bonchev–Trinajstić information content (AvgIpc) is 2.71. The quantitative estimate of drug-likeness (QED) is 0.775. The van der Waals surface area contributed by atoms with Gasteiger partial charge < -0.3 is 16.0 Å². The first-order chi connectivity index (χ1) is 8.70. The lowest BCUT2D eigenvalue weighted by Crippen LogP contribution is -2.45. The molecule has 0 bridgehead atoms. The number of likely N-dealkylation sites (N-methyl/N-ethyl adjacent to an activating group) is 1. The summed E-state index contributed by atoms with van der Waals surface area (Å²) >= 11 is 0. The molecule has 2 unspecified atom stereocenters. The third-order valence-corrected chi connectivity index (χ3v) is 3.13. The molecule has 0 aliphatic heterocycles. The number of rotatable bonds is 4. The van der Waals surface area contributed by atoms with Crippen molar-refractivity contribution in [1.82, 2.24) is 10.2 Å². The predicted octanol–water partition coefficient (Wildman–Crippen LogP) is 0.251. The minimum absolute atomic E-state index is 0.229. The van der Waals surface area contributed by atoms with Gasteiger partial charge in [-0.05, 0) is 12.8 Å². The molecule has 1 fully saturated rings. The Morgan fingerprint density at radius 2 is 2.00 bits per heavy atom. The Kier molecular flexibility index (Phi) is 5.16. The maximum absolute atomic E-state index is 11.9. The summed E-state index contributed by atoms with van der Waals surface area (Å²) in [7, 11) is 1.39. The van der Waals surface area contributed by atoms with E-state index in [1.165, 1.54) is 7.05 Å². The Morgan fingerprint density at radius 3 is 2.47 bits per heavy atom.